The summed E-state index contributed by atoms with van der Waals surface area (Å²) in [5.41, 5.74) is 4.80. The van der Waals surface area contributed by atoms with Gasteiger partial charge in [0.15, 0.2) is 5.16 Å². The zero-order valence-electron chi connectivity index (χ0n) is 15.8. The van der Waals surface area contributed by atoms with Gasteiger partial charge in [0.25, 0.3) is 0 Å². The summed E-state index contributed by atoms with van der Waals surface area (Å²) in [7, 11) is 1.65. The Balaban J connectivity index is 1.49. The van der Waals surface area contributed by atoms with Gasteiger partial charge in [-0.2, -0.15) is 5.26 Å². The van der Waals surface area contributed by atoms with Crippen LogP contribution in [-0.4, -0.2) is 21.9 Å². The number of benzene rings is 3. The fourth-order valence-corrected chi connectivity index (χ4v) is 3.91. The lowest BCUT2D eigenvalue weighted by Crippen LogP contribution is -1.96. The van der Waals surface area contributed by atoms with E-state index in [-0.39, 0.29) is 0 Å². The minimum absolute atomic E-state index is 0.681. The molecule has 0 saturated carbocycles. The van der Waals surface area contributed by atoms with Crippen molar-refractivity contribution in [1.82, 2.24) is 14.8 Å². The van der Waals surface area contributed by atoms with Crippen molar-refractivity contribution >= 4 is 11.8 Å². The van der Waals surface area contributed by atoms with Gasteiger partial charge in [0.1, 0.15) is 12.1 Å². The molecule has 0 bridgehead atoms. The summed E-state index contributed by atoms with van der Waals surface area (Å²) in [5.74, 6) is 1.56. The molecule has 0 atom stereocenters. The van der Waals surface area contributed by atoms with Crippen molar-refractivity contribution in [2.75, 3.05) is 7.11 Å². The maximum Gasteiger partial charge on any atom is 0.195 e. The van der Waals surface area contributed by atoms with E-state index in [2.05, 4.69) is 40.5 Å². The highest BCUT2D eigenvalue weighted by Crippen LogP contribution is 2.27. The summed E-state index contributed by atoms with van der Waals surface area (Å²) >= 11 is 1.62. The van der Waals surface area contributed by atoms with Gasteiger partial charge >= 0.3 is 0 Å². The predicted octanol–water partition coefficient (Wildman–Crippen LogP) is 5.11. The fraction of sp³-hybridized carbons (Fsp3) is 0.0870. The Kier molecular flexibility index (Phi) is 5.59. The van der Waals surface area contributed by atoms with Gasteiger partial charge in [-0.3, -0.25) is 4.57 Å². The van der Waals surface area contributed by atoms with Crippen molar-refractivity contribution in [1.29, 1.82) is 5.26 Å². The molecule has 5 nitrogen and oxygen atoms in total. The number of ether oxygens (including phenoxy) is 1. The molecule has 4 aromatic rings. The lowest BCUT2D eigenvalue weighted by atomic mass is 10.00. The first kappa shape index (κ1) is 18.8. The van der Waals surface area contributed by atoms with Crippen LogP contribution in [-0.2, 0) is 5.75 Å². The van der Waals surface area contributed by atoms with E-state index in [1.165, 1.54) is 5.56 Å². The quantitative estimate of drug-likeness (QED) is 0.423. The summed E-state index contributed by atoms with van der Waals surface area (Å²) < 4.78 is 7.25. The van der Waals surface area contributed by atoms with Crippen molar-refractivity contribution in [2.45, 2.75) is 10.9 Å². The number of aromatic nitrogens is 3. The van der Waals surface area contributed by atoms with Crippen molar-refractivity contribution in [3.05, 3.63) is 90.3 Å². The molecule has 0 fully saturated rings. The molecular weight excluding hydrogens is 380 g/mol. The largest absolute Gasteiger partial charge is 0.497 e. The lowest BCUT2D eigenvalue weighted by molar-refractivity contribution is 0.414. The molecule has 0 radical (unpaired) electrons. The molecule has 0 unspecified atom stereocenters. The molecule has 29 heavy (non-hydrogen) atoms. The van der Waals surface area contributed by atoms with Crippen molar-refractivity contribution < 1.29 is 4.74 Å². The van der Waals surface area contributed by atoms with Gasteiger partial charge in [-0.25, -0.2) is 0 Å². The van der Waals surface area contributed by atoms with Crippen molar-refractivity contribution in [3.63, 3.8) is 0 Å². The summed E-state index contributed by atoms with van der Waals surface area (Å²) in [4.78, 5) is 0. The minimum atomic E-state index is 0.681. The standard InChI is InChI=1S/C23H18N4OS/c1-28-21-7-4-6-20(13-21)27-16-25-26-23(27)29-15-17-9-11-18(12-10-17)22-8-3-2-5-19(22)14-24/h2-13,16H,15H2,1H3. The van der Waals surface area contributed by atoms with Crippen LogP contribution in [0.5, 0.6) is 5.75 Å². The van der Waals surface area contributed by atoms with E-state index >= 15 is 0 Å². The van der Waals surface area contributed by atoms with E-state index in [0.29, 0.717) is 5.56 Å². The van der Waals surface area contributed by atoms with Gasteiger partial charge in [-0.05, 0) is 34.9 Å². The van der Waals surface area contributed by atoms with E-state index < -0.39 is 0 Å². The number of methoxy groups -OCH3 is 1. The first-order chi connectivity index (χ1) is 14.3. The highest BCUT2D eigenvalue weighted by molar-refractivity contribution is 7.98. The first-order valence-corrected chi connectivity index (χ1v) is 10.0. The second kappa shape index (κ2) is 8.63. The maximum atomic E-state index is 9.30. The third-order valence-electron chi connectivity index (χ3n) is 4.53. The molecule has 3 aromatic carbocycles. The molecule has 1 aromatic heterocycles. The van der Waals surface area contributed by atoms with Gasteiger partial charge < -0.3 is 4.74 Å². The topological polar surface area (TPSA) is 63.7 Å². The van der Waals surface area contributed by atoms with Crippen molar-refractivity contribution in [2.24, 2.45) is 0 Å². The Labute approximate surface area is 173 Å². The van der Waals surface area contributed by atoms with Gasteiger partial charge in [0.05, 0.1) is 24.4 Å². The predicted molar refractivity (Wildman–Crippen MR) is 114 cm³/mol. The number of nitrogens with zero attached hydrogens (tertiary/aromatic N) is 4. The number of hydrogen-bond donors (Lipinski definition) is 0. The highest BCUT2D eigenvalue weighted by Gasteiger charge is 2.09. The molecule has 1 heterocycles. The van der Waals surface area contributed by atoms with E-state index in [1.54, 1.807) is 25.2 Å². The monoisotopic (exact) mass is 398 g/mol. The molecule has 0 aliphatic rings. The van der Waals surface area contributed by atoms with Crippen molar-refractivity contribution in [3.8, 4) is 28.6 Å². The van der Waals surface area contributed by atoms with Gasteiger partial charge in [-0.1, -0.05) is 60.3 Å². The molecule has 6 heteroatoms. The Hall–Kier alpha value is -3.56. The molecule has 142 valence electrons. The molecule has 0 aliphatic carbocycles. The van der Waals surface area contributed by atoms with Crippen LogP contribution >= 0.6 is 11.8 Å². The third-order valence-corrected chi connectivity index (χ3v) is 5.54. The van der Waals surface area contributed by atoms with Crippen LogP contribution in [0, 0.1) is 11.3 Å². The zero-order valence-corrected chi connectivity index (χ0v) is 16.6. The number of rotatable bonds is 6. The molecule has 0 aliphatic heterocycles. The average Bonchev–Trinajstić information content (AvgIpc) is 3.27. The highest BCUT2D eigenvalue weighted by atomic mass is 32.2. The molecule has 0 spiro atoms. The van der Waals surface area contributed by atoms with Gasteiger partial charge in [0, 0.05) is 11.8 Å². The molecule has 0 saturated heterocycles. The van der Waals surface area contributed by atoms with Crippen LogP contribution < -0.4 is 4.74 Å². The Bertz CT molecular complexity index is 1160. The Morgan fingerprint density at radius 2 is 1.86 bits per heavy atom. The van der Waals surface area contributed by atoms with E-state index in [9.17, 15) is 5.26 Å². The average molecular weight is 398 g/mol. The molecular formula is C23H18N4OS. The first-order valence-electron chi connectivity index (χ1n) is 9.04. The summed E-state index contributed by atoms with van der Waals surface area (Å²) in [6, 6.07) is 26.0. The zero-order chi connectivity index (χ0) is 20.1. The van der Waals surface area contributed by atoms with Crippen LogP contribution in [0.4, 0.5) is 0 Å². The van der Waals surface area contributed by atoms with Crippen LogP contribution in [0.1, 0.15) is 11.1 Å². The van der Waals surface area contributed by atoms with Crippen LogP contribution in [0.3, 0.4) is 0 Å². The molecule has 4 rings (SSSR count). The second-order valence-corrected chi connectivity index (χ2v) is 7.27. The second-order valence-electron chi connectivity index (χ2n) is 6.33. The van der Waals surface area contributed by atoms with E-state index in [0.717, 1.165) is 33.5 Å². The van der Waals surface area contributed by atoms with Crippen LogP contribution in [0.25, 0.3) is 16.8 Å². The van der Waals surface area contributed by atoms with Gasteiger partial charge in [0.2, 0.25) is 0 Å². The Morgan fingerprint density at radius 1 is 1.03 bits per heavy atom. The van der Waals surface area contributed by atoms with Gasteiger partial charge in [-0.15, -0.1) is 10.2 Å². The van der Waals surface area contributed by atoms with Crippen LogP contribution in [0.15, 0.2) is 84.3 Å². The third kappa shape index (κ3) is 4.15. The fourth-order valence-electron chi connectivity index (χ4n) is 3.02. The maximum absolute atomic E-state index is 9.30. The minimum Gasteiger partial charge on any atom is -0.497 e. The smallest absolute Gasteiger partial charge is 0.195 e. The van der Waals surface area contributed by atoms with E-state index in [1.807, 2.05) is 53.1 Å². The SMILES string of the molecule is COc1cccc(-n2cnnc2SCc2ccc(-c3ccccc3C#N)cc2)c1. The number of hydrogen-bond acceptors (Lipinski definition) is 5. The van der Waals surface area contributed by atoms with Crippen LogP contribution in [0.2, 0.25) is 0 Å². The lowest BCUT2D eigenvalue weighted by Gasteiger charge is -2.08. The normalized spacial score (nSPS) is 10.5. The van der Waals surface area contributed by atoms with E-state index in [4.69, 9.17) is 4.74 Å². The molecule has 0 N–H and O–H groups in total. The number of nitriles is 1. The molecule has 0 amide bonds. The summed E-state index contributed by atoms with van der Waals surface area (Å²) in [5, 5.41) is 18.4. The number of thioether (sulfide) groups is 1. The summed E-state index contributed by atoms with van der Waals surface area (Å²) in [6.07, 6.45) is 1.71. The Morgan fingerprint density at radius 3 is 2.66 bits per heavy atom. The summed E-state index contributed by atoms with van der Waals surface area (Å²) in [6.45, 7) is 0.